The Morgan fingerprint density at radius 3 is 2.48 bits per heavy atom. The molecule has 0 fully saturated rings. The summed E-state index contributed by atoms with van der Waals surface area (Å²) in [4.78, 5) is 16.7. The third kappa shape index (κ3) is 4.64. The highest BCUT2D eigenvalue weighted by atomic mass is 35.5. The van der Waals surface area contributed by atoms with Crippen LogP contribution in [0.5, 0.6) is 5.75 Å². The number of nitrogens with zero attached hydrogens (tertiary/aromatic N) is 2. The maximum absolute atomic E-state index is 12.0. The predicted octanol–water partition coefficient (Wildman–Crippen LogP) is 5.67. The maximum atomic E-state index is 12.0. The maximum Gasteiger partial charge on any atom is 0.337 e. The minimum absolute atomic E-state index is 0.393. The number of anilines is 2. The van der Waals surface area contributed by atoms with E-state index in [0.717, 1.165) is 22.5 Å². The molecule has 0 unspecified atom stereocenters. The quantitative estimate of drug-likeness (QED) is 0.379. The zero-order valence-electron chi connectivity index (χ0n) is 17.3. The molecule has 0 saturated carbocycles. The van der Waals surface area contributed by atoms with Crippen molar-refractivity contribution in [2.75, 3.05) is 19.0 Å². The van der Waals surface area contributed by atoms with E-state index in [1.54, 1.807) is 12.1 Å². The van der Waals surface area contributed by atoms with Gasteiger partial charge in [-0.3, -0.25) is 0 Å². The van der Waals surface area contributed by atoms with Gasteiger partial charge in [0.1, 0.15) is 5.75 Å². The molecule has 3 aromatic carbocycles. The largest absolute Gasteiger partial charge is 0.494 e. The highest BCUT2D eigenvalue weighted by molar-refractivity contribution is 6.30. The van der Waals surface area contributed by atoms with Crippen LogP contribution in [-0.2, 0) is 11.3 Å². The normalized spacial score (nSPS) is 10.8. The second-order valence-corrected chi connectivity index (χ2v) is 7.36. The lowest BCUT2D eigenvalue weighted by Gasteiger charge is -2.12. The van der Waals surface area contributed by atoms with Crippen molar-refractivity contribution < 1.29 is 14.3 Å². The van der Waals surface area contributed by atoms with Crippen molar-refractivity contribution in [1.29, 1.82) is 0 Å². The summed E-state index contributed by atoms with van der Waals surface area (Å²) in [5.74, 6) is 1.08. The molecular weight excluding hydrogens is 414 g/mol. The van der Waals surface area contributed by atoms with Crippen LogP contribution in [0.1, 0.15) is 22.8 Å². The van der Waals surface area contributed by atoms with E-state index in [1.165, 1.54) is 7.11 Å². The number of rotatable bonds is 7. The SMILES string of the molecule is CCOc1ccc(Nc2nc3cc(C(=O)OC)ccc3n2Cc2ccc(Cl)cc2)cc1. The van der Waals surface area contributed by atoms with Crippen LogP contribution in [-0.4, -0.2) is 29.2 Å². The molecule has 0 bridgehead atoms. The standard InChI is InChI=1S/C24H22ClN3O3/c1-3-31-20-11-9-19(10-12-20)26-24-27-21-14-17(23(29)30-2)6-13-22(21)28(24)15-16-4-7-18(25)8-5-16/h4-14H,3,15H2,1-2H3,(H,26,27). The summed E-state index contributed by atoms with van der Waals surface area (Å²) in [6.07, 6.45) is 0. The number of esters is 1. The van der Waals surface area contributed by atoms with E-state index in [9.17, 15) is 4.79 Å². The van der Waals surface area contributed by atoms with Crippen molar-refractivity contribution in [2.45, 2.75) is 13.5 Å². The van der Waals surface area contributed by atoms with Crippen LogP contribution in [0.3, 0.4) is 0 Å². The number of carbonyl (C=O) groups is 1. The fourth-order valence-corrected chi connectivity index (χ4v) is 3.46. The van der Waals surface area contributed by atoms with Crippen molar-refractivity contribution in [2.24, 2.45) is 0 Å². The smallest absolute Gasteiger partial charge is 0.337 e. The number of benzene rings is 3. The lowest BCUT2D eigenvalue weighted by molar-refractivity contribution is 0.0601. The third-order valence-electron chi connectivity index (χ3n) is 4.84. The number of carbonyl (C=O) groups excluding carboxylic acids is 1. The molecule has 4 aromatic rings. The average Bonchev–Trinajstić information content (AvgIpc) is 3.12. The molecule has 0 aliphatic rings. The van der Waals surface area contributed by atoms with E-state index in [2.05, 4.69) is 9.88 Å². The zero-order chi connectivity index (χ0) is 21.8. The number of halogens is 1. The molecule has 1 heterocycles. The number of hydrogen-bond acceptors (Lipinski definition) is 5. The van der Waals surface area contributed by atoms with E-state index < -0.39 is 5.97 Å². The molecule has 6 nitrogen and oxygen atoms in total. The molecule has 158 valence electrons. The first kappa shape index (κ1) is 20.8. The van der Waals surface area contributed by atoms with Gasteiger partial charge in [0.05, 0.1) is 36.9 Å². The van der Waals surface area contributed by atoms with Gasteiger partial charge in [0, 0.05) is 10.7 Å². The van der Waals surface area contributed by atoms with E-state index in [0.29, 0.717) is 35.2 Å². The molecule has 1 N–H and O–H groups in total. The van der Waals surface area contributed by atoms with Crippen LogP contribution in [0, 0.1) is 0 Å². The van der Waals surface area contributed by atoms with Crippen molar-refractivity contribution in [3.05, 3.63) is 82.9 Å². The van der Waals surface area contributed by atoms with Crippen LogP contribution in [0.25, 0.3) is 11.0 Å². The van der Waals surface area contributed by atoms with Crippen LogP contribution in [0.4, 0.5) is 11.6 Å². The Labute approximate surface area is 185 Å². The zero-order valence-corrected chi connectivity index (χ0v) is 18.0. The summed E-state index contributed by atoms with van der Waals surface area (Å²) in [6, 6.07) is 20.8. The summed E-state index contributed by atoms with van der Waals surface area (Å²) >= 11 is 6.04. The third-order valence-corrected chi connectivity index (χ3v) is 5.10. The van der Waals surface area contributed by atoms with Crippen LogP contribution in [0.15, 0.2) is 66.7 Å². The average molecular weight is 436 g/mol. The number of hydrogen-bond donors (Lipinski definition) is 1. The van der Waals surface area contributed by atoms with Crippen molar-refractivity contribution >= 4 is 40.2 Å². The molecule has 0 aliphatic carbocycles. The first-order valence-corrected chi connectivity index (χ1v) is 10.3. The van der Waals surface area contributed by atoms with E-state index >= 15 is 0 Å². The molecule has 1 aromatic heterocycles. The monoisotopic (exact) mass is 435 g/mol. The number of ether oxygens (including phenoxy) is 2. The molecule has 0 amide bonds. The summed E-state index contributed by atoms with van der Waals surface area (Å²) in [7, 11) is 1.37. The first-order valence-electron chi connectivity index (χ1n) is 9.90. The van der Waals surface area contributed by atoms with Gasteiger partial charge in [-0.05, 0) is 67.1 Å². The predicted molar refractivity (Wildman–Crippen MR) is 123 cm³/mol. The molecular formula is C24H22ClN3O3. The van der Waals surface area contributed by atoms with Gasteiger partial charge in [0.25, 0.3) is 0 Å². The number of nitrogens with one attached hydrogen (secondary N) is 1. The Hall–Kier alpha value is -3.51. The Morgan fingerprint density at radius 2 is 1.81 bits per heavy atom. The minimum atomic E-state index is -0.393. The van der Waals surface area contributed by atoms with Crippen molar-refractivity contribution in [3.8, 4) is 5.75 Å². The number of fused-ring (bicyclic) bond motifs is 1. The van der Waals surface area contributed by atoms with E-state index in [1.807, 2.05) is 61.5 Å². The van der Waals surface area contributed by atoms with Gasteiger partial charge in [-0.15, -0.1) is 0 Å². The topological polar surface area (TPSA) is 65.4 Å². The number of methoxy groups -OCH3 is 1. The van der Waals surface area contributed by atoms with Gasteiger partial charge >= 0.3 is 5.97 Å². The van der Waals surface area contributed by atoms with E-state index in [4.69, 9.17) is 26.1 Å². The highest BCUT2D eigenvalue weighted by Gasteiger charge is 2.15. The summed E-state index contributed by atoms with van der Waals surface area (Å²) in [6.45, 7) is 3.16. The highest BCUT2D eigenvalue weighted by Crippen LogP contribution is 2.26. The summed E-state index contributed by atoms with van der Waals surface area (Å²) in [5, 5.41) is 4.07. The van der Waals surface area contributed by atoms with Crippen LogP contribution < -0.4 is 10.1 Å². The van der Waals surface area contributed by atoms with Crippen LogP contribution >= 0.6 is 11.6 Å². The molecule has 0 spiro atoms. The van der Waals surface area contributed by atoms with Crippen molar-refractivity contribution in [3.63, 3.8) is 0 Å². The van der Waals surface area contributed by atoms with Crippen LogP contribution in [0.2, 0.25) is 5.02 Å². The Balaban J connectivity index is 1.73. The van der Waals surface area contributed by atoms with Gasteiger partial charge in [-0.2, -0.15) is 0 Å². The summed E-state index contributed by atoms with van der Waals surface area (Å²) in [5.41, 5.74) is 4.01. The second kappa shape index (κ2) is 9.10. The lowest BCUT2D eigenvalue weighted by Crippen LogP contribution is -2.05. The lowest BCUT2D eigenvalue weighted by atomic mass is 10.2. The first-order chi connectivity index (χ1) is 15.1. The van der Waals surface area contributed by atoms with Gasteiger partial charge in [-0.1, -0.05) is 23.7 Å². The Kier molecular flexibility index (Phi) is 6.09. The molecule has 31 heavy (non-hydrogen) atoms. The fraction of sp³-hybridized carbons (Fsp3) is 0.167. The Morgan fingerprint density at radius 1 is 1.06 bits per heavy atom. The second-order valence-electron chi connectivity index (χ2n) is 6.93. The number of aromatic nitrogens is 2. The Bertz CT molecular complexity index is 1200. The van der Waals surface area contributed by atoms with Crippen molar-refractivity contribution in [1.82, 2.24) is 9.55 Å². The van der Waals surface area contributed by atoms with Gasteiger partial charge in [-0.25, -0.2) is 9.78 Å². The molecule has 0 aliphatic heterocycles. The molecule has 0 radical (unpaired) electrons. The molecule has 4 rings (SSSR count). The summed E-state index contributed by atoms with van der Waals surface area (Å²) < 4.78 is 12.4. The molecule has 0 atom stereocenters. The van der Waals surface area contributed by atoms with E-state index in [-0.39, 0.29) is 0 Å². The fourth-order valence-electron chi connectivity index (χ4n) is 3.33. The molecule has 0 saturated heterocycles. The van der Waals surface area contributed by atoms with Gasteiger partial charge in [0.2, 0.25) is 5.95 Å². The minimum Gasteiger partial charge on any atom is -0.494 e. The van der Waals surface area contributed by atoms with Gasteiger partial charge in [0.15, 0.2) is 0 Å². The van der Waals surface area contributed by atoms with Gasteiger partial charge < -0.3 is 19.4 Å². The number of imidazole rings is 1. The molecule has 7 heteroatoms.